The van der Waals surface area contributed by atoms with Crippen molar-refractivity contribution in [1.82, 2.24) is 5.32 Å². The topological polar surface area (TPSA) is 38.3 Å². The molecule has 1 rings (SSSR count). The smallest absolute Gasteiger partial charge is 0.323 e. The lowest BCUT2D eigenvalue weighted by atomic mass is 10.1. The summed E-state index contributed by atoms with van der Waals surface area (Å²) < 4.78 is 4.78. The molecule has 0 aliphatic rings. The van der Waals surface area contributed by atoms with Crippen LogP contribution in [-0.4, -0.2) is 31.4 Å². The largest absolute Gasteiger partial charge is 0.468 e. The summed E-state index contributed by atoms with van der Waals surface area (Å²) in [6, 6.07) is 8.11. The van der Waals surface area contributed by atoms with Crippen molar-refractivity contribution in [1.29, 1.82) is 0 Å². The third-order valence-electron chi connectivity index (χ3n) is 2.74. The second-order valence-corrected chi connectivity index (χ2v) is 5.11. The number of ether oxygens (including phenoxy) is 1. The molecule has 0 aromatic heterocycles. The maximum atomic E-state index is 11.5. The van der Waals surface area contributed by atoms with Gasteiger partial charge in [-0.05, 0) is 24.6 Å². The predicted octanol–water partition coefficient (Wildman–Crippen LogP) is 2.38. The van der Waals surface area contributed by atoms with Gasteiger partial charge in [0.2, 0.25) is 0 Å². The Hall–Kier alpha value is -1.00. The van der Waals surface area contributed by atoms with Crippen LogP contribution in [0, 0.1) is 6.92 Å². The fraction of sp³-hybridized carbons (Fsp3) is 0.500. The molecular formula is C14H21NO2S. The molecule has 1 unspecified atom stereocenters. The van der Waals surface area contributed by atoms with E-state index in [1.165, 1.54) is 18.2 Å². The van der Waals surface area contributed by atoms with E-state index in [1.807, 2.05) is 19.1 Å². The number of thioether (sulfide) groups is 1. The van der Waals surface area contributed by atoms with E-state index in [0.717, 1.165) is 18.1 Å². The van der Waals surface area contributed by atoms with Crippen molar-refractivity contribution < 1.29 is 9.53 Å². The highest BCUT2D eigenvalue weighted by molar-refractivity contribution is 7.98. The highest BCUT2D eigenvalue weighted by Crippen LogP contribution is 2.16. The van der Waals surface area contributed by atoms with E-state index in [-0.39, 0.29) is 12.0 Å². The quantitative estimate of drug-likeness (QED) is 0.770. The Balaban J connectivity index is 2.44. The van der Waals surface area contributed by atoms with Crippen LogP contribution in [-0.2, 0) is 15.3 Å². The molecule has 18 heavy (non-hydrogen) atoms. The minimum atomic E-state index is -0.214. The summed E-state index contributed by atoms with van der Waals surface area (Å²) in [5.41, 5.74) is 2.62. The summed E-state index contributed by atoms with van der Waals surface area (Å²) >= 11 is 1.75. The number of esters is 1. The van der Waals surface area contributed by atoms with Crippen molar-refractivity contribution in [2.75, 3.05) is 19.4 Å². The van der Waals surface area contributed by atoms with E-state index in [0.29, 0.717) is 0 Å². The number of likely N-dealkylation sites (N-methyl/N-ethyl adjacent to an activating group) is 1. The van der Waals surface area contributed by atoms with Crippen LogP contribution in [0.4, 0.5) is 0 Å². The van der Waals surface area contributed by atoms with Gasteiger partial charge in [0, 0.05) is 11.5 Å². The van der Waals surface area contributed by atoms with Gasteiger partial charge in [-0.25, -0.2) is 0 Å². The van der Waals surface area contributed by atoms with Crippen molar-refractivity contribution in [3.63, 3.8) is 0 Å². The van der Waals surface area contributed by atoms with E-state index < -0.39 is 0 Å². The van der Waals surface area contributed by atoms with E-state index in [4.69, 9.17) is 4.74 Å². The fourth-order valence-corrected chi connectivity index (χ4v) is 2.81. The van der Waals surface area contributed by atoms with Crippen LogP contribution in [0.25, 0.3) is 0 Å². The first-order chi connectivity index (χ1) is 8.69. The number of benzene rings is 1. The normalized spacial score (nSPS) is 12.2. The summed E-state index contributed by atoms with van der Waals surface area (Å²) in [4.78, 5) is 11.5. The number of hydrogen-bond donors (Lipinski definition) is 1. The zero-order chi connectivity index (χ0) is 13.4. The van der Waals surface area contributed by atoms with Gasteiger partial charge in [-0.3, -0.25) is 4.79 Å². The summed E-state index contributed by atoms with van der Waals surface area (Å²) in [5, 5.41) is 3.14. The number of carbonyl (C=O) groups excluding carboxylic acids is 1. The zero-order valence-electron chi connectivity index (χ0n) is 11.2. The third-order valence-corrected chi connectivity index (χ3v) is 3.82. The van der Waals surface area contributed by atoms with Crippen LogP contribution in [0.15, 0.2) is 24.3 Å². The molecule has 0 saturated heterocycles. The third kappa shape index (κ3) is 4.70. The lowest BCUT2D eigenvalue weighted by Crippen LogP contribution is -2.39. The molecule has 1 N–H and O–H groups in total. The van der Waals surface area contributed by atoms with Gasteiger partial charge in [0.1, 0.15) is 6.04 Å². The SMILES string of the molecule is CCNC(CSCc1ccccc1C)C(=O)OC. The van der Waals surface area contributed by atoms with Crippen molar-refractivity contribution in [2.45, 2.75) is 25.6 Å². The first-order valence-corrected chi connectivity index (χ1v) is 7.28. The molecule has 0 aliphatic heterocycles. The van der Waals surface area contributed by atoms with Crippen molar-refractivity contribution >= 4 is 17.7 Å². The van der Waals surface area contributed by atoms with E-state index in [2.05, 4.69) is 24.4 Å². The maximum absolute atomic E-state index is 11.5. The molecule has 1 atom stereocenters. The molecule has 0 spiro atoms. The molecule has 0 amide bonds. The zero-order valence-corrected chi connectivity index (χ0v) is 12.0. The summed E-state index contributed by atoms with van der Waals surface area (Å²) in [5.74, 6) is 1.47. The summed E-state index contributed by atoms with van der Waals surface area (Å²) in [6.07, 6.45) is 0. The van der Waals surface area contributed by atoms with Crippen LogP contribution < -0.4 is 5.32 Å². The van der Waals surface area contributed by atoms with Crippen LogP contribution in [0.1, 0.15) is 18.1 Å². The molecule has 0 saturated carbocycles. The highest BCUT2D eigenvalue weighted by atomic mass is 32.2. The van der Waals surface area contributed by atoms with Gasteiger partial charge in [-0.2, -0.15) is 11.8 Å². The lowest BCUT2D eigenvalue weighted by molar-refractivity contribution is -0.142. The summed E-state index contributed by atoms with van der Waals surface area (Å²) in [7, 11) is 1.43. The number of rotatable bonds is 7. The molecule has 100 valence electrons. The predicted molar refractivity (Wildman–Crippen MR) is 76.8 cm³/mol. The molecule has 3 nitrogen and oxygen atoms in total. The van der Waals surface area contributed by atoms with Crippen molar-refractivity contribution in [3.8, 4) is 0 Å². The maximum Gasteiger partial charge on any atom is 0.323 e. The molecule has 0 aliphatic carbocycles. The first kappa shape index (κ1) is 15.1. The van der Waals surface area contributed by atoms with Gasteiger partial charge in [-0.1, -0.05) is 31.2 Å². The molecule has 0 fully saturated rings. The Morgan fingerprint density at radius 1 is 1.44 bits per heavy atom. The minimum Gasteiger partial charge on any atom is -0.468 e. The second-order valence-electron chi connectivity index (χ2n) is 4.08. The minimum absolute atomic E-state index is 0.186. The Morgan fingerprint density at radius 3 is 2.78 bits per heavy atom. The van der Waals surface area contributed by atoms with Crippen molar-refractivity contribution in [2.24, 2.45) is 0 Å². The molecule has 1 aromatic rings. The Kier molecular flexibility index (Phi) is 6.83. The number of hydrogen-bond acceptors (Lipinski definition) is 4. The Bertz CT molecular complexity index is 382. The van der Waals surface area contributed by atoms with E-state index in [9.17, 15) is 4.79 Å². The van der Waals surface area contributed by atoms with Crippen LogP contribution in [0.2, 0.25) is 0 Å². The van der Waals surface area contributed by atoms with E-state index >= 15 is 0 Å². The first-order valence-electron chi connectivity index (χ1n) is 6.12. The fourth-order valence-electron chi connectivity index (χ4n) is 1.66. The van der Waals surface area contributed by atoms with Gasteiger partial charge < -0.3 is 10.1 Å². The van der Waals surface area contributed by atoms with Crippen molar-refractivity contribution in [3.05, 3.63) is 35.4 Å². The van der Waals surface area contributed by atoms with Gasteiger partial charge >= 0.3 is 5.97 Å². The van der Waals surface area contributed by atoms with Gasteiger partial charge in [-0.15, -0.1) is 0 Å². The number of carbonyl (C=O) groups is 1. The van der Waals surface area contributed by atoms with Gasteiger partial charge in [0.25, 0.3) is 0 Å². The summed E-state index contributed by atoms with van der Waals surface area (Å²) in [6.45, 7) is 4.87. The highest BCUT2D eigenvalue weighted by Gasteiger charge is 2.17. The number of methoxy groups -OCH3 is 1. The Labute approximate surface area is 113 Å². The average molecular weight is 267 g/mol. The van der Waals surface area contributed by atoms with E-state index in [1.54, 1.807) is 11.8 Å². The Morgan fingerprint density at radius 2 is 2.17 bits per heavy atom. The van der Waals surface area contributed by atoms with Gasteiger partial charge in [0.05, 0.1) is 7.11 Å². The molecule has 4 heteroatoms. The molecule has 0 heterocycles. The number of nitrogens with one attached hydrogen (secondary N) is 1. The molecule has 1 aromatic carbocycles. The van der Waals surface area contributed by atoms with Crippen LogP contribution in [0.5, 0.6) is 0 Å². The lowest BCUT2D eigenvalue weighted by Gasteiger charge is -2.15. The van der Waals surface area contributed by atoms with Crippen LogP contribution in [0.3, 0.4) is 0 Å². The standard InChI is InChI=1S/C14H21NO2S/c1-4-15-13(14(16)17-3)10-18-9-12-8-6-5-7-11(12)2/h5-8,13,15H,4,9-10H2,1-3H3. The molecule has 0 bridgehead atoms. The molecule has 0 radical (unpaired) electrons. The van der Waals surface area contributed by atoms with Crippen LogP contribution >= 0.6 is 11.8 Å². The second kappa shape index (κ2) is 8.16. The number of aryl methyl sites for hydroxylation is 1. The molecular weight excluding hydrogens is 246 g/mol. The van der Waals surface area contributed by atoms with Gasteiger partial charge in [0.15, 0.2) is 0 Å². The monoisotopic (exact) mass is 267 g/mol. The average Bonchev–Trinajstić information content (AvgIpc) is 2.39.